The van der Waals surface area contributed by atoms with Gasteiger partial charge >= 0.3 is 4.96 Å². The molecule has 140 valence electrons. The van der Waals surface area contributed by atoms with Crippen molar-refractivity contribution in [2.24, 2.45) is 0 Å². The largest absolute Gasteiger partial charge is 0.387 e. The van der Waals surface area contributed by atoms with Gasteiger partial charge in [0, 0.05) is 28.6 Å². The number of nitro groups is 1. The molecule has 0 radical (unpaired) electrons. The van der Waals surface area contributed by atoms with Gasteiger partial charge in [-0.1, -0.05) is 11.3 Å². The number of non-ortho nitro benzene ring substituents is 1. The SMILES string of the molecule is O=[N+]([O-])c1ccc(C=C2CCc3cnc4scc[n+]4c32)cc1.[O-][Cl+3]([O-])([O-])[O-]. The molecule has 11 heteroatoms. The highest BCUT2D eigenvalue weighted by molar-refractivity contribution is 7.14. The molecule has 0 amide bonds. The van der Waals surface area contributed by atoms with E-state index in [0.29, 0.717) is 0 Å². The van der Waals surface area contributed by atoms with Crippen LogP contribution in [0, 0.1) is 20.4 Å². The zero-order valence-electron chi connectivity index (χ0n) is 13.6. The quantitative estimate of drug-likeness (QED) is 0.284. The molecule has 1 aliphatic carbocycles. The van der Waals surface area contributed by atoms with Crippen LogP contribution in [0.3, 0.4) is 0 Å². The Balaban J connectivity index is 0.000000376. The number of aromatic nitrogens is 2. The normalized spacial score (nSPS) is 14.7. The molecule has 3 aromatic rings. The zero-order valence-corrected chi connectivity index (χ0v) is 15.2. The van der Waals surface area contributed by atoms with E-state index in [0.717, 1.165) is 23.4 Å². The molecule has 0 saturated heterocycles. The molecule has 0 spiro atoms. The van der Waals surface area contributed by atoms with E-state index in [2.05, 4.69) is 15.5 Å². The van der Waals surface area contributed by atoms with Crippen molar-refractivity contribution in [2.75, 3.05) is 0 Å². The third-order valence-electron chi connectivity index (χ3n) is 3.88. The van der Waals surface area contributed by atoms with Gasteiger partial charge in [-0.25, -0.2) is 18.6 Å². The van der Waals surface area contributed by atoms with E-state index in [-0.39, 0.29) is 10.6 Å². The predicted molar refractivity (Wildman–Crippen MR) is 84.6 cm³/mol. The van der Waals surface area contributed by atoms with Gasteiger partial charge in [-0.15, -0.1) is 10.2 Å². The highest BCUT2D eigenvalue weighted by Crippen LogP contribution is 2.31. The first kappa shape index (κ1) is 19.3. The van der Waals surface area contributed by atoms with E-state index in [1.54, 1.807) is 35.6 Å². The highest BCUT2D eigenvalue weighted by Gasteiger charge is 2.25. The van der Waals surface area contributed by atoms with Crippen LogP contribution in [0.15, 0.2) is 42.0 Å². The summed E-state index contributed by atoms with van der Waals surface area (Å²) in [5, 5.41) is 12.8. The molecular formula is C16H12ClN3O6S. The molecule has 0 fully saturated rings. The molecule has 0 saturated carbocycles. The van der Waals surface area contributed by atoms with Crippen molar-refractivity contribution in [1.82, 2.24) is 4.98 Å². The second-order valence-electron chi connectivity index (χ2n) is 5.58. The lowest BCUT2D eigenvalue weighted by Crippen LogP contribution is -2.68. The van der Waals surface area contributed by atoms with Crippen LogP contribution in [0.1, 0.15) is 23.2 Å². The fourth-order valence-corrected chi connectivity index (χ4v) is 3.53. The number of allylic oxidation sites excluding steroid dienone is 1. The fraction of sp³-hybridized carbons (Fsp3) is 0.125. The van der Waals surface area contributed by atoms with E-state index in [4.69, 9.17) is 18.6 Å². The lowest BCUT2D eigenvalue weighted by molar-refractivity contribution is -2.00. The molecule has 2 heterocycles. The van der Waals surface area contributed by atoms with Crippen molar-refractivity contribution in [3.05, 3.63) is 69.0 Å². The van der Waals surface area contributed by atoms with Gasteiger partial charge in [0.25, 0.3) is 5.69 Å². The number of fused-ring (bicyclic) bond motifs is 3. The van der Waals surface area contributed by atoms with Gasteiger partial charge in [0.1, 0.15) is 18.1 Å². The molecule has 27 heavy (non-hydrogen) atoms. The first-order valence-electron chi connectivity index (χ1n) is 7.56. The van der Waals surface area contributed by atoms with E-state index in [1.807, 2.05) is 17.8 Å². The summed E-state index contributed by atoms with van der Waals surface area (Å²) in [5.41, 5.74) is 4.82. The molecule has 1 aromatic carbocycles. The Morgan fingerprint density at radius 3 is 2.44 bits per heavy atom. The smallest absolute Gasteiger partial charge is 0.258 e. The number of nitrogens with zero attached hydrogens (tertiary/aromatic N) is 3. The predicted octanol–water partition coefficient (Wildman–Crippen LogP) is -1.48. The highest BCUT2D eigenvalue weighted by atomic mass is 35.7. The molecule has 0 atom stereocenters. The lowest BCUT2D eigenvalue weighted by Gasteiger charge is -2.17. The number of aryl methyl sites for hydroxylation is 1. The van der Waals surface area contributed by atoms with Crippen molar-refractivity contribution >= 4 is 33.6 Å². The van der Waals surface area contributed by atoms with Crippen molar-refractivity contribution in [3.63, 3.8) is 0 Å². The van der Waals surface area contributed by atoms with Gasteiger partial charge in [-0.3, -0.25) is 10.1 Å². The first-order valence-corrected chi connectivity index (χ1v) is 9.67. The average Bonchev–Trinajstić information content (AvgIpc) is 3.20. The number of nitro benzene ring substituents is 1. The third-order valence-corrected chi connectivity index (χ3v) is 4.65. The van der Waals surface area contributed by atoms with Crippen LogP contribution in [-0.2, 0) is 6.42 Å². The van der Waals surface area contributed by atoms with E-state index in [9.17, 15) is 10.1 Å². The second kappa shape index (κ2) is 7.64. The van der Waals surface area contributed by atoms with Crippen LogP contribution < -0.4 is 23.0 Å². The molecule has 0 unspecified atom stereocenters. The molecule has 1 aliphatic rings. The topological polar surface area (TPSA) is 152 Å². The number of benzene rings is 1. The van der Waals surface area contributed by atoms with E-state index >= 15 is 0 Å². The summed E-state index contributed by atoms with van der Waals surface area (Å²) >= 11 is 1.62. The average molecular weight is 410 g/mol. The maximum absolute atomic E-state index is 10.7. The van der Waals surface area contributed by atoms with Crippen molar-refractivity contribution in [1.29, 1.82) is 0 Å². The molecule has 0 aliphatic heterocycles. The Kier molecular flexibility index (Phi) is 5.46. The summed E-state index contributed by atoms with van der Waals surface area (Å²) in [4.78, 5) is 15.8. The van der Waals surface area contributed by atoms with E-state index < -0.39 is 10.2 Å². The number of halogens is 1. The first-order chi connectivity index (χ1) is 12.7. The lowest BCUT2D eigenvalue weighted by atomic mass is 10.1. The Morgan fingerprint density at radius 2 is 1.81 bits per heavy atom. The van der Waals surface area contributed by atoms with Crippen LogP contribution in [0.4, 0.5) is 5.69 Å². The standard InChI is InChI=1S/C16H12N3O2S.ClHO4/c20-19(21)14-5-1-11(2-6-14)9-12-3-4-13-10-17-16-18(15(12)13)7-8-22-16;2-1(3,4)5/h1-2,5-10H,3-4H2;(H,2,3,4,5)/q+1;/p-1. The van der Waals surface area contributed by atoms with Gasteiger partial charge in [0.2, 0.25) is 0 Å². The van der Waals surface area contributed by atoms with Crippen LogP contribution in [0.25, 0.3) is 16.6 Å². The van der Waals surface area contributed by atoms with E-state index in [1.165, 1.54) is 16.8 Å². The Bertz CT molecular complexity index is 1010. The fourth-order valence-electron chi connectivity index (χ4n) is 2.85. The van der Waals surface area contributed by atoms with Gasteiger partial charge in [-0.05, 0) is 41.6 Å². The number of hydrogen-bond donors (Lipinski definition) is 0. The van der Waals surface area contributed by atoms with Gasteiger partial charge < -0.3 is 0 Å². The molecular weight excluding hydrogens is 398 g/mol. The van der Waals surface area contributed by atoms with Crippen LogP contribution >= 0.6 is 11.3 Å². The number of rotatable bonds is 2. The number of hydrogen-bond acceptors (Lipinski definition) is 8. The summed E-state index contributed by atoms with van der Waals surface area (Å²) in [7, 11) is -4.94. The van der Waals surface area contributed by atoms with Gasteiger partial charge in [0.15, 0.2) is 0 Å². The van der Waals surface area contributed by atoms with Crippen molar-refractivity contribution in [3.8, 4) is 0 Å². The minimum Gasteiger partial charge on any atom is -0.258 e. The molecule has 9 nitrogen and oxygen atoms in total. The molecule has 4 rings (SSSR count). The molecule has 2 aromatic heterocycles. The molecule has 0 N–H and O–H groups in total. The summed E-state index contributed by atoms with van der Waals surface area (Å²) in [6.07, 6.45) is 8.06. The Morgan fingerprint density at radius 1 is 1.15 bits per heavy atom. The maximum atomic E-state index is 10.7. The van der Waals surface area contributed by atoms with Crippen molar-refractivity contribution < 1.29 is 38.2 Å². The van der Waals surface area contributed by atoms with Crippen molar-refractivity contribution in [2.45, 2.75) is 12.8 Å². The maximum Gasteiger partial charge on any atom is 0.387 e. The summed E-state index contributed by atoms with van der Waals surface area (Å²) in [5.74, 6) is 0. The minimum atomic E-state index is -4.94. The second-order valence-corrected chi connectivity index (χ2v) is 7.21. The monoisotopic (exact) mass is 409 g/mol. The van der Waals surface area contributed by atoms with Gasteiger partial charge in [-0.2, -0.15) is 4.40 Å². The van der Waals surface area contributed by atoms with Crippen LogP contribution in [0.5, 0.6) is 0 Å². The Hall–Kier alpha value is -2.47. The van der Waals surface area contributed by atoms with Gasteiger partial charge in [0.05, 0.1) is 4.92 Å². The summed E-state index contributed by atoms with van der Waals surface area (Å²) in [6.45, 7) is 0. The Labute approximate surface area is 159 Å². The summed E-state index contributed by atoms with van der Waals surface area (Å²) in [6, 6.07) is 6.67. The summed E-state index contributed by atoms with van der Waals surface area (Å²) < 4.78 is 36.1. The number of thiazole rings is 1. The zero-order chi connectivity index (χ0) is 19.6. The molecule has 0 bridgehead atoms. The minimum absolute atomic E-state index is 0.118. The van der Waals surface area contributed by atoms with Crippen LogP contribution in [-0.4, -0.2) is 9.91 Å². The van der Waals surface area contributed by atoms with Crippen LogP contribution in [0.2, 0.25) is 0 Å². The third kappa shape index (κ3) is 4.83.